The van der Waals surface area contributed by atoms with E-state index >= 15 is 0 Å². The molecule has 1 aromatic carbocycles. The summed E-state index contributed by atoms with van der Waals surface area (Å²) in [7, 11) is 0. The van der Waals surface area contributed by atoms with Gasteiger partial charge in [0.1, 0.15) is 12.4 Å². The average molecular weight is 176 g/mol. The molecule has 0 bridgehead atoms. The van der Waals surface area contributed by atoms with Crippen molar-refractivity contribution < 1.29 is 4.79 Å². The molecule has 0 unspecified atom stereocenters. The number of anilines is 1. The maximum atomic E-state index is 9.17. The third-order valence-corrected chi connectivity index (χ3v) is 1.25. The van der Waals surface area contributed by atoms with Gasteiger partial charge in [-0.25, -0.2) is 0 Å². The van der Waals surface area contributed by atoms with E-state index in [0.717, 1.165) is 6.29 Å². The van der Waals surface area contributed by atoms with Crippen molar-refractivity contribution in [3.63, 3.8) is 0 Å². The molecule has 0 aliphatic heterocycles. The topological polar surface area (TPSA) is 66.9 Å². The summed E-state index contributed by atoms with van der Waals surface area (Å²) in [5, 5.41) is 8.39. The summed E-state index contributed by atoms with van der Waals surface area (Å²) in [5.41, 5.74) is 6.49. The Hall–Kier alpha value is -1.82. The summed E-state index contributed by atoms with van der Waals surface area (Å²) >= 11 is 0. The van der Waals surface area contributed by atoms with Crippen molar-refractivity contribution >= 4 is 12.0 Å². The number of hydrogen-bond acceptors (Lipinski definition) is 3. The minimum atomic E-state index is 0.539. The van der Waals surface area contributed by atoms with Gasteiger partial charge in [-0.1, -0.05) is 19.1 Å². The van der Waals surface area contributed by atoms with Crippen LogP contribution >= 0.6 is 0 Å². The van der Waals surface area contributed by atoms with Gasteiger partial charge in [0.2, 0.25) is 0 Å². The third kappa shape index (κ3) is 4.59. The molecule has 2 N–H and O–H groups in total. The molecule has 0 atom stereocenters. The molecule has 68 valence electrons. The monoisotopic (exact) mass is 176 g/mol. The van der Waals surface area contributed by atoms with E-state index in [0.29, 0.717) is 17.7 Å². The predicted octanol–water partition coefficient (Wildman–Crippen LogP) is 1.74. The number of nitrogens with zero attached hydrogens (tertiary/aromatic N) is 1. The molecule has 1 aromatic rings. The van der Waals surface area contributed by atoms with Gasteiger partial charge in [-0.3, -0.25) is 0 Å². The van der Waals surface area contributed by atoms with Gasteiger partial charge in [-0.15, -0.1) is 0 Å². The summed E-state index contributed by atoms with van der Waals surface area (Å²) in [6.07, 6.45) is 1.51. The molecule has 0 aliphatic rings. The first kappa shape index (κ1) is 11.2. The molecule has 0 aliphatic carbocycles. The Morgan fingerprint density at radius 1 is 1.54 bits per heavy atom. The van der Waals surface area contributed by atoms with Crippen LogP contribution in [0.5, 0.6) is 0 Å². The second-order valence-corrected chi connectivity index (χ2v) is 2.27. The summed E-state index contributed by atoms with van der Waals surface area (Å²) in [4.78, 5) is 9.17. The van der Waals surface area contributed by atoms with Crippen LogP contribution in [0.2, 0.25) is 0 Å². The lowest BCUT2D eigenvalue weighted by atomic mass is 10.2. The fourth-order valence-corrected chi connectivity index (χ4v) is 0.599. The number of nitrogens with two attached hydrogens (primary N) is 1. The summed E-state index contributed by atoms with van der Waals surface area (Å²) in [6.45, 7) is 1.81. The number of carbonyl (C=O) groups is 1. The zero-order valence-electron chi connectivity index (χ0n) is 7.53. The van der Waals surface area contributed by atoms with Gasteiger partial charge >= 0.3 is 0 Å². The van der Waals surface area contributed by atoms with Gasteiger partial charge in [-0.05, 0) is 12.1 Å². The Balaban J connectivity index is 0.000000310. The number of rotatable bonds is 1. The van der Waals surface area contributed by atoms with Gasteiger partial charge in [0.25, 0.3) is 0 Å². The molecule has 0 heterocycles. The van der Waals surface area contributed by atoms with Crippen LogP contribution in [0.15, 0.2) is 24.3 Å². The predicted molar refractivity (Wildman–Crippen MR) is 51.9 cm³/mol. The summed E-state index contributed by atoms with van der Waals surface area (Å²) in [6, 6.07) is 8.96. The van der Waals surface area contributed by atoms with Gasteiger partial charge in [-0.2, -0.15) is 5.26 Å². The van der Waals surface area contributed by atoms with E-state index in [9.17, 15) is 4.79 Å². The van der Waals surface area contributed by atoms with E-state index in [4.69, 9.17) is 11.0 Å². The first-order valence-electron chi connectivity index (χ1n) is 3.94. The smallest absolute Gasteiger partial charge is 0.119 e. The van der Waals surface area contributed by atoms with Crippen LogP contribution in [0, 0.1) is 11.3 Å². The number of nitrogen functional groups attached to an aromatic ring is 1. The second-order valence-electron chi connectivity index (χ2n) is 2.27. The lowest BCUT2D eigenvalue weighted by Crippen LogP contribution is -1.87. The minimum Gasteiger partial charge on any atom is -0.398 e. The quantitative estimate of drug-likeness (QED) is 0.523. The first-order chi connectivity index (χ1) is 6.26. The van der Waals surface area contributed by atoms with Crippen molar-refractivity contribution in [2.75, 3.05) is 5.73 Å². The number of hydrogen-bond donors (Lipinski definition) is 1. The van der Waals surface area contributed by atoms with Crippen molar-refractivity contribution in [3.05, 3.63) is 29.8 Å². The molecule has 13 heavy (non-hydrogen) atoms. The zero-order chi connectivity index (χ0) is 10.1. The van der Waals surface area contributed by atoms with E-state index in [-0.39, 0.29) is 0 Å². The number of carbonyl (C=O) groups excluding carboxylic acids is 1. The molecule has 1 rings (SSSR count). The highest BCUT2D eigenvalue weighted by Crippen LogP contribution is 2.06. The Morgan fingerprint density at radius 3 is 2.38 bits per heavy atom. The van der Waals surface area contributed by atoms with Crippen LogP contribution < -0.4 is 5.73 Å². The van der Waals surface area contributed by atoms with E-state index < -0.39 is 0 Å². The fraction of sp³-hybridized carbons (Fsp3) is 0.200. The molecule has 0 fully saturated rings. The number of benzene rings is 1. The highest BCUT2D eigenvalue weighted by molar-refractivity contribution is 5.53. The molecule has 0 aromatic heterocycles. The lowest BCUT2D eigenvalue weighted by molar-refractivity contribution is -0.107. The van der Waals surface area contributed by atoms with E-state index in [1.807, 2.05) is 13.0 Å². The van der Waals surface area contributed by atoms with Gasteiger partial charge in [0, 0.05) is 12.1 Å². The van der Waals surface area contributed by atoms with E-state index in [2.05, 4.69) is 0 Å². The number of nitriles is 1. The highest BCUT2D eigenvalue weighted by Gasteiger charge is 1.90. The van der Waals surface area contributed by atoms with Crippen molar-refractivity contribution in [3.8, 4) is 6.07 Å². The van der Waals surface area contributed by atoms with Gasteiger partial charge < -0.3 is 10.5 Å². The van der Waals surface area contributed by atoms with E-state index in [1.165, 1.54) is 0 Å². The average Bonchev–Trinajstić information content (AvgIpc) is 2.19. The molecular formula is C10H12N2O. The molecule has 0 saturated heterocycles. The largest absolute Gasteiger partial charge is 0.398 e. The Kier molecular flexibility index (Phi) is 5.90. The molecule has 0 radical (unpaired) electrons. The molecule has 0 amide bonds. The van der Waals surface area contributed by atoms with Crippen LogP contribution in [0.1, 0.15) is 18.9 Å². The normalized spacial score (nSPS) is 7.69. The number of aldehydes is 1. The highest BCUT2D eigenvalue weighted by atomic mass is 16.1. The SMILES string of the molecule is CCC=O.N#Cc1ccccc1N. The lowest BCUT2D eigenvalue weighted by Gasteiger charge is -1.91. The van der Waals surface area contributed by atoms with Crippen LogP contribution in [-0.4, -0.2) is 6.29 Å². The molecule has 0 spiro atoms. The molecular weight excluding hydrogens is 164 g/mol. The van der Waals surface area contributed by atoms with Gasteiger partial charge in [0.15, 0.2) is 0 Å². The van der Waals surface area contributed by atoms with Crippen molar-refractivity contribution in [1.82, 2.24) is 0 Å². The van der Waals surface area contributed by atoms with Crippen LogP contribution in [-0.2, 0) is 4.79 Å². The zero-order valence-corrected chi connectivity index (χ0v) is 7.53. The van der Waals surface area contributed by atoms with Crippen molar-refractivity contribution in [2.45, 2.75) is 13.3 Å². The minimum absolute atomic E-state index is 0.539. The Labute approximate surface area is 77.8 Å². The van der Waals surface area contributed by atoms with Crippen molar-refractivity contribution in [2.24, 2.45) is 0 Å². The number of para-hydroxylation sites is 1. The fourth-order valence-electron chi connectivity index (χ4n) is 0.599. The van der Waals surface area contributed by atoms with Crippen LogP contribution in [0.25, 0.3) is 0 Å². The third-order valence-electron chi connectivity index (χ3n) is 1.25. The molecule has 3 nitrogen and oxygen atoms in total. The molecule has 0 saturated carbocycles. The summed E-state index contributed by atoms with van der Waals surface area (Å²) < 4.78 is 0. The maximum absolute atomic E-state index is 9.17. The van der Waals surface area contributed by atoms with Crippen LogP contribution in [0.3, 0.4) is 0 Å². The van der Waals surface area contributed by atoms with E-state index in [1.54, 1.807) is 24.3 Å². The first-order valence-corrected chi connectivity index (χ1v) is 3.94. The molecule has 3 heteroatoms. The Bertz CT molecular complexity index is 302. The maximum Gasteiger partial charge on any atom is 0.119 e. The Morgan fingerprint density at radius 2 is 2.08 bits per heavy atom. The second kappa shape index (κ2) is 6.86. The van der Waals surface area contributed by atoms with Crippen molar-refractivity contribution in [1.29, 1.82) is 5.26 Å². The standard InChI is InChI=1S/C7H6N2.C3H6O/c8-5-6-3-1-2-4-7(6)9;1-2-3-4/h1-4H,9H2;3H,2H2,1H3. The van der Waals surface area contributed by atoms with Crippen LogP contribution in [0.4, 0.5) is 5.69 Å². The summed E-state index contributed by atoms with van der Waals surface area (Å²) in [5.74, 6) is 0. The van der Waals surface area contributed by atoms with Gasteiger partial charge in [0.05, 0.1) is 5.56 Å².